The van der Waals surface area contributed by atoms with Gasteiger partial charge < -0.3 is 20.1 Å². The Labute approximate surface area is 98.0 Å². The molecule has 4 heteroatoms. The summed E-state index contributed by atoms with van der Waals surface area (Å²) in [4.78, 5) is 2.13. The maximum atomic E-state index is 10.3. The average molecular weight is 228 g/mol. The lowest BCUT2D eigenvalue weighted by Gasteiger charge is -2.51. The molecular weight excluding hydrogens is 204 g/mol. The molecule has 1 spiro atoms. The van der Waals surface area contributed by atoms with Gasteiger partial charge in [-0.25, -0.2) is 0 Å². The molecule has 0 aromatic carbocycles. The van der Waals surface area contributed by atoms with Crippen LogP contribution in [0.2, 0.25) is 0 Å². The zero-order chi connectivity index (χ0) is 11.8. The van der Waals surface area contributed by atoms with E-state index in [9.17, 15) is 5.11 Å². The van der Waals surface area contributed by atoms with Gasteiger partial charge in [0, 0.05) is 6.04 Å². The zero-order valence-electron chi connectivity index (χ0n) is 10.6. The van der Waals surface area contributed by atoms with Gasteiger partial charge in [-0.2, -0.15) is 0 Å². The zero-order valence-corrected chi connectivity index (χ0v) is 10.6. The molecule has 0 aromatic rings. The highest BCUT2D eigenvalue weighted by molar-refractivity contribution is 5.01. The van der Waals surface area contributed by atoms with E-state index in [-0.39, 0.29) is 11.6 Å². The Morgan fingerprint density at radius 2 is 1.94 bits per heavy atom. The molecule has 0 amide bonds. The third-order valence-corrected chi connectivity index (χ3v) is 4.09. The molecule has 0 aliphatic carbocycles. The fourth-order valence-electron chi connectivity index (χ4n) is 3.00. The molecule has 2 fully saturated rings. The largest absolute Gasteiger partial charge is 0.386 e. The summed E-state index contributed by atoms with van der Waals surface area (Å²) in [6.45, 7) is 4.39. The van der Waals surface area contributed by atoms with Crippen LogP contribution < -0.4 is 5.32 Å². The number of likely N-dealkylation sites (N-methyl/N-ethyl adjacent to an activating group) is 1. The number of nitrogens with one attached hydrogen (secondary N) is 1. The van der Waals surface area contributed by atoms with Gasteiger partial charge in [-0.05, 0) is 53.4 Å². The van der Waals surface area contributed by atoms with Crippen LogP contribution in [0.3, 0.4) is 0 Å². The standard InChI is InChI=1S/C12H24N2O2/c1-11(15)9-16-12(4-6-13-7-5-12)8-10(11)14(2)3/h10,13,15H,4-9H2,1-3H3/t10-,11-/m0/s1. The Kier molecular flexibility index (Phi) is 3.27. The summed E-state index contributed by atoms with van der Waals surface area (Å²) in [6, 6.07) is 0.194. The van der Waals surface area contributed by atoms with Crippen molar-refractivity contribution in [3.63, 3.8) is 0 Å². The molecule has 2 N–H and O–H groups in total. The summed E-state index contributed by atoms with van der Waals surface area (Å²) >= 11 is 0. The molecule has 16 heavy (non-hydrogen) atoms. The lowest BCUT2D eigenvalue weighted by Crippen LogP contribution is -2.62. The lowest BCUT2D eigenvalue weighted by atomic mass is 9.77. The van der Waals surface area contributed by atoms with Crippen molar-refractivity contribution in [3.05, 3.63) is 0 Å². The highest BCUT2D eigenvalue weighted by Crippen LogP contribution is 2.38. The summed E-state index contributed by atoms with van der Waals surface area (Å²) in [6.07, 6.45) is 3.06. The van der Waals surface area contributed by atoms with Gasteiger partial charge in [0.25, 0.3) is 0 Å². The normalized spacial score (nSPS) is 39.2. The molecule has 2 saturated heterocycles. The first kappa shape index (κ1) is 12.3. The van der Waals surface area contributed by atoms with Crippen LogP contribution in [-0.2, 0) is 4.74 Å². The second-order valence-corrected chi connectivity index (χ2v) is 5.76. The Morgan fingerprint density at radius 1 is 1.31 bits per heavy atom. The molecule has 2 aliphatic heterocycles. The minimum atomic E-state index is -0.723. The summed E-state index contributed by atoms with van der Waals surface area (Å²) in [5.74, 6) is 0. The van der Waals surface area contributed by atoms with Crippen LogP contribution in [0.1, 0.15) is 26.2 Å². The van der Waals surface area contributed by atoms with Gasteiger partial charge in [0.1, 0.15) is 5.60 Å². The van der Waals surface area contributed by atoms with Crippen LogP contribution >= 0.6 is 0 Å². The third kappa shape index (κ3) is 2.25. The number of rotatable bonds is 1. The van der Waals surface area contributed by atoms with Crippen LogP contribution in [0, 0.1) is 0 Å². The maximum Gasteiger partial charge on any atom is 0.101 e. The number of nitrogens with zero attached hydrogens (tertiary/aromatic N) is 1. The van der Waals surface area contributed by atoms with Crippen molar-refractivity contribution in [2.24, 2.45) is 0 Å². The van der Waals surface area contributed by atoms with E-state index in [2.05, 4.69) is 10.2 Å². The van der Waals surface area contributed by atoms with Crippen LogP contribution in [0.25, 0.3) is 0 Å². The molecular formula is C12H24N2O2. The third-order valence-electron chi connectivity index (χ3n) is 4.09. The SMILES string of the molecule is CN(C)[C@H]1CC2(CCNCC2)OC[C@]1(C)O. The minimum Gasteiger partial charge on any atom is -0.386 e. The highest BCUT2D eigenvalue weighted by Gasteiger charge is 2.48. The summed E-state index contributed by atoms with van der Waals surface area (Å²) in [5, 5.41) is 13.7. The quantitative estimate of drug-likeness (QED) is 0.673. The molecule has 0 bridgehead atoms. The van der Waals surface area contributed by atoms with Gasteiger partial charge in [0.05, 0.1) is 12.2 Å². The molecule has 4 nitrogen and oxygen atoms in total. The van der Waals surface area contributed by atoms with Crippen molar-refractivity contribution < 1.29 is 9.84 Å². The molecule has 2 heterocycles. The van der Waals surface area contributed by atoms with E-state index in [1.165, 1.54) is 0 Å². The van der Waals surface area contributed by atoms with Gasteiger partial charge in [-0.1, -0.05) is 0 Å². The van der Waals surface area contributed by atoms with Gasteiger partial charge in [0.2, 0.25) is 0 Å². The molecule has 2 atom stereocenters. The minimum absolute atomic E-state index is 0.00241. The van der Waals surface area contributed by atoms with Crippen LogP contribution in [0.5, 0.6) is 0 Å². The Morgan fingerprint density at radius 3 is 2.50 bits per heavy atom. The van der Waals surface area contributed by atoms with Crippen molar-refractivity contribution in [2.45, 2.75) is 43.4 Å². The molecule has 0 radical (unpaired) electrons. The maximum absolute atomic E-state index is 10.3. The van der Waals surface area contributed by atoms with E-state index >= 15 is 0 Å². The predicted octanol–water partition coefficient (Wildman–Crippen LogP) is 0.210. The first-order valence-corrected chi connectivity index (χ1v) is 6.19. The fourth-order valence-corrected chi connectivity index (χ4v) is 3.00. The van der Waals surface area contributed by atoms with Crippen molar-refractivity contribution in [2.75, 3.05) is 33.8 Å². The van der Waals surface area contributed by atoms with E-state index in [0.717, 1.165) is 32.4 Å². The molecule has 94 valence electrons. The van der Waals surface area contributed by atoms with Crippen molar-refractivity contribution >= 4 is 0 Å². The first-order chi connectivity index (χ1) is 7.45. The monoisotopic (exact) mass is 228 g/mol. The highest BCUT2D eigenvalue weighted by atomic mass is 16.5. The number of ether oxygens (including phenoxy) is 1. The summed E-state index contributed by atoms with van der Waals surface area (Å²) in [7, 11) is 4.08. The average Bonchev–Trinajstić information content (AvgIpc) is 2.23. The number of hydrogen-bond acceptors (Lipinski definition) is 4. The molecule has 2 rings (SSSR count). The smallest absolute Gasteiger partial charge is 0.101 e. The fraction of sp³-hybridized carbons (Fsp3) is 1.00. The lowest BCUT2D eigenvalue weighted by molar-refractivity contribution is -0.200. The van der Waals surface area contributed by atoms with E-state index in [1.807, 2.05) is 21.0 Å². The van der Waals surface area contributed by atoms with E-state index in [1.54, 1.807) is 0 Å². The Balaban J connectivity index is 2.10. The van der Waals surface area contributed by atoms with Gasteiger partial charge in [0.15, 0.2) is 0 Å². The first-order valence-electron chi connectivity index (χ1n) is 6.19. The predicted molar refractivity (Wildman–Crippen MR) is 63.5 cm³/mol. The van der Waals surface area contributed by atoms with Crippen LogP contribution in [0.15, 0.2) is 0 Å². The Hall–Kier alpha value is -0.160. The van der Waals surface area contributed by atoms with Crippen molar-refractivity contribution in [3.8, 4) is 0 Å². The van der Waals surface area contributed by atoms with E-state index < -0.39 is 5.60 Å². The summed E-state index contributed by atoms with van der Waals surface area (Å²) in [5.41, 5.74) is -0.720. The number of hydrogen-bond donors (Lipinski definition) is 2. The molecule has 0 unspecified atom stereocenters. The Bertz CT molecular complexity index is 247. The molecule has 0 aromatic heterocycles. The second kappa shape index (κ2) is 4.26. The number of aliphatic hydroxyl groups is 1. The van der Waals surface area contributed by atoms with Gasteiger partial charge in [-0.3, -0.25) is 0 Å². The van der Waals surface area contributed by atoms with Crippen LogP contribution in [-0.4, -0.2) is 61.0 Å². The molecule has 2 aliphatic rings. The molecule has 0 saturated carbocycles. The van der Waals surface area contributed by atoms with E-state index in [0.29, 0.717) is 6.61 Å². The summed E-state index contributed by atoms with van der Waals surface area (Å²) < 4.78 is 5.99. The van der Waals surface area contributed by atoms with E-state index in [4.69, 9.17) is 4.74 Å². The van der Waals surface area contributed by atoms with Gasteiger partial charge >= 0.3 is 0 Å². The van der Waals surface area contributed by atoms with Crippen molar-refractivity contribution in [1.29, 1.82) is 0 Å². The van der Waals surface area contributed by atoms with Gasteiger partial charge in [-0.15, -0.1) is 0 Å². The number of piperidine rings is 1. The topological polar surface area (TPSA) is 44.7 Å². The van der Waals surface area contributed by atoms with Crippen LogP contribution in [0.4, 0.5) is 0 Å². The second-order valence-electron chi connectivity index (χ2n) is 5.76. The van der Waals surface area contributed by atoms with Crippen molar-refractivity contribution in [1.82, 2.24) is 10.2 Å².